The van der Waals surface area contributed by atoms with Crippen LogP contribution in [0.4, 0.5) is 22.7 Å². The van der Waals surface area contributed by atoms with Crippen LogP contribution in [0.2, 0.25) is 0 Å². The summed E-state index contributed by atoms with van der Waals surface area (Å²) in [5, 5.41) is 0. The van der Waals surface area contributed by atoms with Gasteiger partial charge in [-0.3, -0.25) is 0 Å². The van der Waals surface area contributed by atoms with Gasteiger partial charge in [0.15, 0.2) is 0 Å². The van der Waals surface area contributed by atoms with Crippen molar-refractivity contribution in [1.82, 2.24) is 0 Å². The van der Waals surface area contributed by atoms with Crippen LogP contribution in [0.25, 0.3) is 11.1 Å². The Balaban J connectivity index is 1.16. The number of anilines is 4. The molecule has 0 spiro atoms. The summed E-state index contributed by atoms with van der Waals surface area (Å²) >= 11 is 0. The molecule has 7 rings (SSSR count). The highest BCUT2D eigenvalue weighted by Gasteiger charge is 2.24. The van der Waals surface area contributed by atoms with Crippen LogP contribution in [0.3, 0.4) is 0 Å². The van der Waals surface area contributed by atoms with Gasteiger partial charge in [-0.1, -0.05) is 184 Å². The van der Waals surface area contributed by atoms with E-state index in [0.29, 0.717) is 6.04 Å². The van der Waals surface area contributed by atoms with Crippen molar-refractivity contribution in [3.8, 4) is 0 Å². The molecule has 0 heterocycles. The maximum atomic E-state index is 4.74. The summed E-state index contributed by atoms with van der Waals surface area (Å²) in [5.41, 5.74) is 17.4. The fraction of sp³-hybridized carbons (Fsp3) is 0.182. The Kier molecular flexibility index (Phi) is 17.8. The van der Waals surface area contributed by atoms with E-state index in [1.807, 2.05) is 6.92 Å². The number of benzene rings is 4. The van der Waals surface area contributed by atoms with Crippen molar-refractivity contribution in [3.63, 3.8) is 0 Å². The molecule has 0 fully saturated rings. The minimum atomic E-state index is 0.307. The van der Waals surface area contributed by atoms with Gasteiger partial charge in [-0.25, -0.2) is 0 Å². The molecular weight excluding hydrogens is 821 g/mol. The number of nitrogens with zero attached hydrogens (tertiary/aromatic N) is 2. The molecule has 0 N–H and O–H groups in total. The fourth-order valence-corrected chi connectivity index (χ4v) is 8.99. The van der Waals surface area contributed by atoms with E-state index in [1.54, 1.807) is 0 Å². The molecule has 68 heavy (non-hydrogen) atoms. The second kappa shape index (κ2) is 24.9. The Labute approximate surface area is 408 Å². The number of para-hydroxylation sites is 2. The molecule has 1 atom stereocenters. The molecule has 2 heteroatoms. The van der Waals surface area contributed by atoms with Gasteiger partial charge in [0.2, 0.25) is 0 Å². The smallest absolute Gasteiger partial charge is 0.0462 e. The quantitative estimate of drug-likeness (QED) is 0.0919. The highest BCUT2D eigenvalue weighted by atomic mass is 15.2. The molecule has 2 nitrogen and oxygen atoms in total. The third kappa shape index (κ3) is 13.1. The first-order valence-corrected chi connectivity index (χ1v) is 24.5. The van der Waals surface area contributed by atoms with E-state index in [1.165, 1.54) is 39.1 Å². The van der Waals surface area contributed by atoms with Crippen LogP contribution < -0.4 is 9.80 Å². The van der Waals surface area contributed by atoms with Gasteiger partial charge in [0.1, 0.15) is 0 Å². The third-order valence-corrected chi connectivity index (χ3v) is 12.7. The summed E-state index contributed by atoms with van der Waals surface area (Å²) in [7, 11) is 0. The Bertz CT molecular complexity index is 2780. The highest BCUT2D eigenvalue weighted by Crippen LogP contribution is 2.37. The first kappa shape index (κ1) is 48.5. The van der Waals surface area contributed by atoms with Crippen LogP contribution in [0, 0.1) is 0 Å². The predicted molar refractivity (Wildman–Crippen MR) is 298 cm³/mol. The third-order valence-electron chi connectivity index (χ3n) is 12.7. The first-order chi connectivity index (χ1) is 33.3. The van der Waals surface area contributed by atoms with Crippen molar-refractivity contribution in [2.45, 2.75) is 78.7 Å². The second-order valence-electron chi connectivity index (χ2n) is 17.5. The van der Waals surface area contributed by atoms with Gasteiger partial charge in [-0.05, 0) is 182 Å². The van der Waals surface area contributed by atoms with Gasteiger partial charge < -0.3 is 9.80 Å². The topological polar surface area (TPSA) is 6.48 Å². The molecular formula is C66H68N2. The lowest BCUT2D eigenvalue weighted by atomic mass is 9.87. The molecule has 0 aromatic heterocycles. The van der Waals surface area contributed by atoms with E-state index in [2.05, 4.69) is 262 Å². The van der Waals surface area contributed by atoms with E-state index >= 15 is 0 Å². The zero-order chi connectivity index (χ0) is 47.5. The minimum absolute atomic E-state index is 0.307. The summed E-state index contributed by atoms with van der Waals surface area (Å²) in [6.45, 7) is 17.8. The molecule has 1 unspecified atom stereocenters. The Hall–Kier alpha value is -7.42. The van der Waals surface area contributed by atoms with Crippen LogP contribution in [0.1, 0.15) is 83.8 Å². The Morgan fingerprint density at radius 1 is 0.691 bits per heavy atom. The van der Waals surface area contributed by atoms with Crippen LogP contribution in [0.15, 0.2) is 277 Å². The normalized spacial score (nSPS) is 17.6. The number of allylic oxidation sites excluding steroid dienone is 26. The summed E-state index contributed by atoms with van der Waals surface area (Å²) < 4.78 is 0. The van der Waals surface area contributed by atoms with Gasteiger partial charge in [-0.15, -0.1) is 0 Å². The predicted octanol–water partition coefficient (Wildman–Crippen LogP) is 18.7. The van der Waals surface area contributed by atoms with Crippen molar-refractivity contribution in [2.75, 3.05) is 9.80 Å². The lowest BCUT2D eigenvalue weighted by Gasteiger charge is -2.36. The molecule has 0 bridgehead atoms. The van der Waals surface area contributed by atoms with Crippen molar-refractivity contribution in [1.29, 1.82) is 0 Å². The summed E-state index contributed by atoms with van der Waals surface area (Å²) in [4.78, 5) is 4.75. The van der Waals surface area contributed by atoms with Gasteiger partial charge in [0, 0.05) is 34.5 Å². The molecule has 0 aliphatic heterocycles. The molecule has 342 valence electrons. The van der Waals surface area contributed by atoms with Gasteiger partial charge in [0.05, 0.1) is 0 Å². The van der Waals surface area contributed by atoms with Crippen molar-refractivity contribution in [2.24, 2.45) is 0 Å². The first-order valence-electron chi connectivity index (χ1n) is 24.5. The average Bonchev–Trinajstić information content (AvgIpc) is 3.39. The number of hydrogen-bond donors (Lipinski definition) is 0. The lowest BCUT2D eigenvalue weighted by molar-refractivity contribution is 0.569. The van der Waals surface area contributed by atoms with E-state index in [4.69, 9.17) is 6.58 Å². The van der Waals surface area contributed by atoms with Crippen LogP contribution >= 0.6 is 0 Å². The monoisotopic (exact) mass is 889 g/mol. The Morgan fingerprint density at radius 2 is 1.37 bits per heavy atom. The van der Waals surface area contributed by atoms with E-state index in [9.17, 15) is 0 Å². The molecule has 3 aliphatic rings. The van der Waals surface area contributed by atoms with Crippen LogP contribution in [-0.4, -0.2) is 6.04 Å². The molecule has 0 saturated carbocycles. The lowest BCUT2D eigenvalue weighted by Crippen LogP contribution is -2.35. The van der Waals surface area contributed by atoms with Gasteiger partial charge in [0.25, 0.3) is 0 Å². The van der Waals surface area contributed by atoms with Gasteiger partial charge in [-0.2, -0.15) is 0 Å². The zero-order valence-corrected chi connectivity index (χ0v) is 40.7. The fourth-order valence-electron chi connectivity index (χ4n) is 8.99. The Morgan fingerprint density at radius 3 is 1.97 bits per heavy atom. The zero-order valence-electron chi connectivity index (χ0n) is 40.7. The molecule has 4 aromatic carbocycles. The van der Waals surface area contributed by atoms with Crippen molar-refractivity contribution < 1.29 is 0 Å². The van der Waals surface area contributed by atoms with Crippen molar-refractivity contribution in [3.05, 3.63) is 288 Å². The summed E-state index contributed by atoms with van der Waals surface area (Å²) in [6, 6.07) is 39.2. The largest absolute Gasteiger partial charge is 0.339 e. The maximum Gasteiger partial charge on any atom is 0.0462 e. The number of hydrogen-bond acceptors (Lipinski definition) is 2. The van der Waals surface area contributed by atoms with Crippen molar-refractivity contribution >= 4 is 33.9 Å². The molecule has 4 aromatic rings. The SMILES string of the molecule is C=C(\C=C/C(=C\C)C(/C=C\C(=C)N(c1ccccc1)C1CC=C(C2=CCCC=C2)CC1)=C/C(=C/CC)/C=C1/C=CC=CC1)c1ccc(N(c2ccccc2)c2ccc(/C(C)=C/C=C\C)cc2)cc1. The standard InChI is InChI=1S/C66H68N2/c1-7-10-24-51(4)57-37-43-65(44-38-57)68(63-31-21-14-22-32-63)66-45-39-58(40-46-66)52(5)33-35-56(9-3)61(50-55(23-8-2)49-54-25-15-11-16-26-54)36-34-53(6)67(62-29-19-13-20-30-62)64-47-41-60(42-48-64)59-27-17-12-18-28-59/h7,9-11,13-17,19-25,27-41,43-46,49-50,64H,5-6,8,12,18,26,42,47-48H2,1-4H3/b10-7-,35-33-,36-34-,51-24+,54-49-,55-23+,56-9+,61-50+. The second-order valence-corrected chi connectivity index (χ2v) is 17.5. The summed E-state index contributed by atoms with van der Waals surface area (Å²) in [5.74, 6) is 0. The minimum Gasteiger partial charge on any atom is -0.339 e. The van der Waals surface area contributed by atoms with E-state index < -0.39 is 0 Å². The molecule has 0 saturated heterocycles. The molecule has 3 aliphatic carbocycles. The van der Waals surface area contributed by atoms with Gasteiger partial charge >= 0.3 is 0 Å². The van der Waals surface area contributed by atoms with Crippen LogP contribution in [-0.2, 0) is 0 Å². The van der Waals surface area contributed by atoms with E-state index in [-0.39, 0.29) is 0 Å². The maximum absolute atomic E-state index is 4.74. The molecule has 0 amide bonds. The summed E-state index contributed by atoms with van der Waals surface area (Å²) in [6.07, 6.45) is 49.6. The average molecular weight is 889 g/mol. The van der Waals surface area contributed by atoms with Crippen LogP contribution in [0.5, 0.6) is 0 Å². The number of rotatable bonds is 18. The molecule has 0 radical (unpaired) electrons. The highest BCUT2D eigenvalue weighted by molar-refractivity contribution is 5.80. The van der Waals surface area contributed by atoms with E-state index in [0.717, 1.165) is 90.0 Å².